The van der Waals surface area contributed by atoms with Gasteiger partial charge in [0.25, 0.3) is 0 Å². The molecule has 1 fully saturated rings. The van der Waals surface area contributed by atoms with Crippen LogP contribution in [0.1, 0.15) is 23.3 Å². The molecular formula is C8H11N3O2. The predicted molar refractivity (Wildman–Crippen MR) is 47.0 cm³/mol. The molecule has 0 bridgehead atoms. The average molecular weight is 181 g/mol. The molecular weight excluding hydrogens is 170 g/mol. The van der Waals surface area contributed by atoms with Gasteiger partial charge in [-0.1, -0.05) is 0 Å². The second-order valence-electron chi connectivity index (χ2n) is 3.12. The highest BCUT2D eigenvalue weighted by Gasteiger charge is 2.16. The normalized spacial score (nSPS) is 16.5. The molecule has 13 heavy (non-hydrogen) atoms. The van der Waals surface area contributed by atoms with Crippen LogP contribution in [-0.4, -0.2) is 34.1 Å². The van der Waals surface area contributed by atoms with E-state index in [1.807, 2.05) is 0 Å². The number of aromatic amines is 1. The number of nitrogens with zero attached hydrogens (tertiary/aromatic N) is 2. The molecule has 5 nitrogen and oxygen atoms in total. The number of hydrogen-bond acceptors (Lipinski definition) is 3. The smallest absolute Gasteiger partial charge is 0.354 e. The van der Waals surface area contributed by atoms with Crippen LogP contribution in [0.2, 0.25) is 0 Å². The van der Waals surface area contributed by atoms with E-state index < -0.39 is 5.97 Å². The van der Waals surface area contributed by atoms with E-state index in [2.05, 4.69) is 14.9 Å². The van der Waals surface area contributed by atoms with Crippen LogP contribution in [0.5, 0.6) is 0 Å². The number of nitrogens with one attached hydrogen (secondary N) is 1. The van der Waals surface area contributed by atoms with Gasteiger partial charge < -0.3 is 15.0 Å². The number of carboxylic acid groups (broad SMARTS) is 1. The SMILES string of the molecule is O=C(O)c1cnc(N2CCCC2)[nH]1. The van der Waals surface area contributed by atoms with Crippen molar-refractivity contribution in [2.45, 2.75) is 12.8 Å². The monoisotopic (exact) mass is 181 g/mol. The quantitative estimate of drug-likeness (QED) is 0.705. The first-order chi connectivity index (χ1) is 6.27. The van der Waals surface area contributed by atoms with Gasteiger partial charge >= 0.3 is 5.97 Å². The lowest BCUT2D eigenvalue weighted by molar-refractivity contribution is 0.0691. The molecule has 5 heteroatoms. The van der Waals surface area contributed by atoms with Crippen LogP contribution in [0, 0.1) is 0 Å². The van der Waals surface area contributed by atoms with Crippen LogP contribution in [0.4, 0.5) is 5.95 Å². The first-order valence-electron chi connectivity index (χ1n) is 4.30. The number of aromatic nitrogens is 2. The number of aromatic carboxylic acids is 1. The van der Waals surface area contributed by atoms with Crippen molar-refractivity contribution in [3.8, 4) is 0 Å². The summed E-state index contributed by atoms with van der Waals surface area (Å²) in [4.78, 5) is 19.4. The van der Waals surface area contributed by atoms with Gasteiger partial charge in [0, 0.05) is 13.1 Å². The summed E-state index contributed by atoms with van der Waals surface area (Å²) in [6, 6.07) is 0. The summed E-state index contributed by atoms with van der Waals surface area (Å²) in [5.41, 5.74) is 0.155. The minimum absolute atomic E-state index is 0.155. The van der Waals surface area contributed by atoms with E-state index >= 15 is 0 Å². The van der Waals surface area contributed by atoms with Crippen molar-refractivity contribution in [1.82, 2.24) is 9.97 Å². The number of anilines is 1. The standard InChI is InChI=1S/C8H11N3O2/c12-7(13)6-5-9-8(10-6)11-3-1-2-4-11/h5H,1-4H2,(H,9,10)(H,12,13). The molecule has 1 aliphatic heterocycles. The maximum absolute atomic E-state index is 10.5. The molecule has 0 unspecified atom stereocenters. The van der Waals surface area contributed by atoms with E-state index in [1.54, 1.807) is 0 Å². The lowest BCUT2D eigenvalue weighted by atomic mass is 10.4. The second kappa shape index (κ2) is 3.08. The van der Waals surface area contributed by atoms with Crippen LogP contribution in [0.15, 0.2) is 6.20 Å². The van der Waals surface area contributed by atoms with E-state index in [0.29, 0.717) is 5.95 Å². The van der Waals surface area contributed by atoms with Gasteiger partial charge in [0.05, 0.1) is 6.20 Å². The Morgan fingerprint density at radius 1 is 1.54 bits per heavy atom. The number of carbonyl (C=O) groups is 1. The summed E-state index contributed by atoms with van der Waals surface area (Å²) in [6.45, 7) is 1.93. The summed E-state index contributed by atoms with van der Waals surface area (Å²) in [7, 11) is 0. The van der Waals surface area contributed by atoms with Crippen molar-refractivity contribution in [3.63, 3.8) is 0 Å². The Morgan fingerprint density at radius 2 is 2.23 bits per heavy atom. The number of rotatable bonds is 2. The van der Waals surface area contributed by atoms with Crippen LogP contribution in [0.25, 0.3) is 0 Å². The van der Waals surface area contributed by atoms with Crippen molar-refractivity contribution in [2.75, 3.05) is 18.0 Å². The van der Waals surface area contributed by atoms with E-state index in [0.717, 1.165) is 25.9 Å². The Labute approximate surface area is 75.4 Å². The Hall–Kier alpha value is -1.52. The van der Waals surface area contributed by atoms with Crippen LogP contribution in [-0.2, 0) is 0 Å². The Bertz CT molecular complexity index is 315. The summed E-state index contributed by atoms with van der Waals surface area (Å²) >= 11 is 0. The van der Waals surface area contributed by atoms with Gasteiger partial charge in [-0.25, -0.2) is 9.78 Å². The van der Waals surface area contributed by atoms with Crippen LogP contribution < -0.4 is 4.90 Å². The first kappa shape index (κ1) is 8.10. The maximum Gasteiger partial charge on any atom is 0.354 e. The van der Waals surface area contributed by atoms with Crippen molar-refractivity contribution in [2.24, 2.45) is 0 Å². The third kappa shape index (κ3) is 1.49. The highest BCUT2D eigenvalue weighted by molar-refractivity contribution is 5.85. The van der Waals surface area contributed by atoms with Crippen LogP contribution in [0.3, 0.4) is 0 Å². The number of carboxylic acids is 1. The fraction of sp³-hybridized carbons (Fsp3) is 0.500. The molecule has 0 amide bonds. The molecule has 2 heterocycles. The second-order valence-corrected chi connectivity index (χ2v) is 3.12. The molecule has 70 valence electrons. The third-order valence-corrected chi connectivity index (χ3v) is 2.20. The third-order valence-electron chi connectivity index (χ3n) is 2.20. The summed E-state index contributed by atoms with van der Waals surface area (Å²) in [6.07, 6.45) is 3.67. The molecule has 1 saturated heterocycles. The van der Waals surface area contributed by atoms with Gasteiger partial charge in [0.15, 0.2) is 0 Å². The number of H-pyrrole nitrogens is 1. The highest BCUT2D eigenvalue weighted by atomic mass is 16.4. The lowest BCUT2D eigenvalue weighted by Gasteiger charge is -2.12. The van der Waals surface area contributed by atoms with Gasteiger partial charge in [-0.3, -0.25) is 0 Å². The maximum atomic E-state index is 10.5. The summed E-state index contributed by atoms with van der Waals surface area (Å²) < 4.78 is 0. The molecule has 0 atom stereocenters. The summed E-state index contributed by atoms with van der Waals surface area (Å²) in [5, 5.41) is 8.65. The van der Waals surface area contributed by atoms with Gasteiger partial charge in [0.2, 0.25) is 5.95 Å². The molecule has 1 aromatic heterocycles. The van der Waals surface area contributed by atoms with Crippen molar-refractivity contribution in [3.05, 3.63) is 11.9 Å². The fourth-order valence-electron chi connectivity index (χ4n) is 1.51. The van der Waals surface area contributed by atoms with E-state index in [4.69, 9.17) is 5.11 Å². The fourth-order valence-corrected chi connectivity index (χ4v) is 1.51. The minimum Gasteiger partial charge on any atom is -0.477 e. The highest BCUT2D eigenvalue weighted by Crippen LogP contribution is 2.15. The Morgan fingerprint density at radius 3 is 2.77 bits per heavy atom. The molecule has 0 aromatic carbocycles. The Kier molecular flexibility index (Phi) is 1.92. The topological polar surface area (TPSA) is 69.2 Å². The largest absolute Gasteiger partial charge is 0.477 e. The zero-order chi connectivity index (χ0) is 9.26. The van der Waals surface area contributed by atoms with Crippen molar-refractivity contribution in [1.29, 1.82) is 0 Å². The molecule has 0 saturated carbocycles. The number of hydrogen-bond donors (Lipinski definition) is 2. The molecule has 0 radical (unpaired) electrons. The average Bonchev–Trinajstić information content (AvgIpc) is 2.75. The van der Waals surface area contributed by atoms with Gasteiger partial charge in [-0.15, -0.1) is 0 Å². The molecule has 1 aliphatic rings. The molecule has 0 spiro atoms. The van der Waals surface area contributed by atoms with E-state index in [1.165, 1.54) is 6.20 Å². The molecule has 0 aliphatic carbocycles. The zero-order valence-corrected chi connectivity index (χ0v) is 7.16. The van der Waals surface area contributed by atoms with Gasteiger partial charge in [-0.2, -0.15) is 0 Å². The Balaban J connectivity index is 2.16. The predicted octanol–water partition coefficient (Wildman–Crippen LogP) is 0.708. The summed E-state index contributed by atoms with van der Waals surface area (Å²) in [5.74, 6) is -0.284. The first-order valence-corrected chi connectivity index (χ1v) is 4.30. The molecule has 1 aromatic rings. The van der Waals surface area contributed by atoms with Crippen molar-refractivity contribution >= 4 is 11.9 Å². The zero-order valence-electron chi connectivity index (χ0n) is 7.16. The molecule has 2 rings (SSSR count). The minimum atomic E-state index is -0.960. The molecule has 2 N–H and O–H groups in total. The van der Waals surface area contributed by atoms with E-state index in [9.17, 15) is 4.79 Å². The van der Waals surface area contributed by atoms with Gasteiger partial charge in [-0.05, 0) is 12.8 Å². The van der Waals surface area contributed by atoms with Crippen molar-refractivity contribution < 1.29 is 9.90 Å². The number of imidazole rings is 1. The lowest BCUT2D eigenvalue weighted by Crippen LogP contribution is -2.19. The van der Waals surface area contributed by atoms with Crippen LogP contribution >= 0.6 is 0 Å². The van der Waals surface area contributed by atoms with Gasteiger partial charge in [0.1, 0.15) is 5.69 Å². The van der Waals surface area contributed by atoms with E-state index in [-0.39, 0.29) is 5.69 Å².